The topological polar surface area (TPSA) is 61.6 Å². The number of hydrogen-bond donors (Lipinski definition) is 1. The van der Waals surface area contributed by atoms with Crippen LogP contribution >= 0.6 is 0 Å². The lowest BCUT2D eigenvalue weighted by molar-refractivity contribution is 0.100. The van der Waals surface area contributed by atoms with E-state index in [1.165, 1.54) is 0 Å². The predicted octanol–water partition coefficient (Wildman–Crippen LogP) is 2.22. The average Bonchev–Trinajstić information content (AvgIpc) is 2.47. The van der Waals surface area contributed by atoms with Gasteiger partial charge >= 0.3 is 0 Å². The summed E-state index contributed by atoms with van der Waals surface area (Å²) in [6.45, 7) is 1.13. The second-order valence-electron chi connectivity index (χ2n) is 4.30. The molecule has 4 nitrogen and oxygen atoms in total. The van der Waals surface area contributed by atoms with Gasteiger partial charge in [-0.3, -0.25) is 4.79 Å². The van der Waals surface area contributed by atoms with E-state index in [2.05, 4.69) is 0 Å². The van der Waals surface area contributed by atoms with Crippen molar-refractivity contribution in [1.29, 1.82) is 0 Å². The summed E-state index contributed by atoms with van der Waals surface area (Å²) in [6.07, 6.45) is 0. The molecule has 0 aliphatic carbocycles. The van der Waals surface area contributed by atoms with Gasteiger partial charge < -0.3 is 15.2 Å². The fourth-order valence-corrected chi connectivity index (χ4v) is 2.07. The summed E-state index contributed by atoms with van der Waals surface area (Å²) in [5.41, 5.74) is 7.67. The van der Waals surface area contributed by atoms with Gasteiger partial charge in [0.2, 0.25) is 5.91 Å². The van der Waals surface area contributed by atoms with Gasteiger partial charge in [-0.1, -0.05) is 18.2 Å². The number of carbonyl (C=O) groups excluding carboxylic acids is 1. The first kappa shape index (κ1) is 11.6. The highest BCUT2D eigenvalue weighted by Crippen LogP contribution is 2.34. The molecule has 19 heavy (non-hydrogen) atoms. The molecule has 2 aromatic rings. The molecule has 0 fully saturated rings. The van der Waals surface area contributed by atoms with Crippen LogP contribution in [0.15, 0.2) is 42.5 Å². The van der Waals surface area contributed by atoms with Crippen LogP contribution in [0.4, 0.5) is 0 Å². The zero-order valence-electron chi connectivity index (χ0n) is 10.3. The smallest absolute Gasteiger partial charge is 0.248 e. The number of benzene rings is 2. The molecule has 0 aromatic heterocycles. The molecule has 0 spiro atoms. The molecule has 1 heterocycles. The summed E-state index contributed by atoms with van der Waals surface area (Å²) in [7, 11) is 0. The highest BCUT2D eigenvalue weighted by atomic mass is 16.6. The predicted molar refractivity (Wildman–Crippen MR) is 71.4 cm³/mol. The second kappa shape index (κ2) is 4.65. The van der Waals surface area contributed by atoms with Crippen LogP contribution in [-0.2, 0) is 0 Å². The third-order valence-electron chi connectivity index (χ3n) is 3.02. The van der Waals surface area contributed by atoms with Crippen molar-refractivity contribution >= 4 is 5.91 Å². The van der Waals surface area contributed by atoms with Crippen LogP contribution in [0.25, 0.3) is 11.1 Å². The monoisotopic (exact) mass is 255 g/mol. The largest absolute Gasteiger partial charge is 0.486 e. The van der Waals surface area contributed by atoms with Crippen LogP contribution in [0.2, 0.25) is 0 Å². The first-order chi connectivity index (χ1) is 9.24. The summed E-state index contributed by atoms with van der Waals surface area (Å²) >= 11 is 0. The SMILES string of the molecule is NC(=O)c1cccc(-c2ccc3c(c2)OCCO3)c1. The molecule has 0 atom stereocenters. The Labute approximate surface area is 110 Å². The first-order valence-corrected chi connectivity index (χ1v) is 6.04. The maximum Gasteiger partial charge on any atom is 0.248 e. The van der Waals surface area contributed by atoms with Gasteiger partial charge in [-0.05, 0) is 35.4 Å². The van der Waals surface area contributed by atoms with Crippen LogP contribution in [0.5, 0.6) is 11.5 Å². The van der Waals surface area contributed by atoms with E-state index < -0.39 is 5.91 Å². The van der Waals surface area contributed by atoms with Gasteiger partial charge in [-0.15, -0.1) is 0 Å². The van der Waals surface area contributed by atoms with Crippen molar-refractivity contribution in [3.8, 4) is 22.6 Å². The van der Waals surface area contributed by atoms with Gasteiger partial charge in [0.15, 0.2) is 11.5 Å². The fraction of sp³-hybridized carbons (Fsp3) is 0.133. The molecule has 0 saturated carbocycles. The Morgan fingerprint density at radius 2 is 1.68 bits per heavy atom. The summed E-state index contributed by atoms with van der Waals surface area (Å²) < 4.78 is 11.0. The highest BCUT2D eigenvalue weighted by molar-refractivity contribution is 5.94. The Morgan fingerprint density at radius 1 is 0.947 bits per heavy atom. The van der Waals surface area contributed by atoms with Crippen LogP contribution in [0.1, 0.15) is 10.4 Å². The van der Waals surface area contributed by atoms with E-state index in [9.17, 15) is 4.79 Å². The number of fused-ring (bicyclic) bond motifs is 1. The van der Waals surface area contributed by atoms with Gasteiger partial charge in [0.1, 0.15) is 13.2 Å². The molecule has 1 aliphatic rings. The lowest BCUT2D eigenvalue weighted by Crippen LogP contribution is -2.15. The molecule has 0 radical (unpaired) electrons. The Balaban J connectivity index is 2.02. The molecule has 0 unspecified atom stereocenters. The lowest BCUT2D eigenvalue weighted by Gasteiger charge is -2.19. The number of hydrogen-bond acceptors (Lipinski definition) is 3. The Kier molecular flexibility index (Phi) is 2.83. The second-order valence-corrected chi connectivity index (χ2v) is 4.30. The van der Waals surface area contributed by atoms with Crippen molar-refractivity contribution in [2.45, 2.75) is 0 Å². The van der Waals surface area contributed by atoms with E-state index in [4.69, 9.17) is 15.2 Å². The minimum absolute atomic E-state index is 0.431. The molecule has 1 aliphatic heterocycles. The highest BCUT2D eigenvalue weighted by Gasteiger charge is 2.12. The third kappa shape index (κ3) is 2.25. The molecule has 4 heteroatoms. The molecule has 1 amide bonds. The Bertz CT molecular complexity index is 637. The fourth-order valence-electron chi connectivity index (χ4n) is 2.07. The molecular weight excluding hydrogens is 242 g/mol. The maximum absolute atomic E-state index is 11.2. The van der Waals surface area contributed by atoms with Crippen LogP contribution < -0.4 is 15.2 Å². The van der Waals surface area contributed by atoms with Gasteiger partial charge in [0.05, 0.1) is 0 Å². The van der Waals surface area contributed by atoms with E-state index in [0.717, 1.165) is 22.6 Å². The van der Waals surface area contributed by atoms with E-state index >= 15 is 0 Å². The molecule has 2 N–H and O–H groups in total. The Hall–Kier alpha value is -2.49. The zero-order valence-corrected chi connectivity index (χ0v) is 10.3. The van der Waals surface area contributed by atoms with Crippen molar-refractivity contribution in [2.75, 3.05) is 13.2 Å². The number of primary amides is 1. The summed E-state index contributed by atoms with van der Waals surface area (Å²) in [6, 6.07) is 12.9. The molecular formula is C15H13NO3. The lowest BCUT2D eigenvalue weighted by atomic mass is 10.0. The molecule has 0 bridgehead atoms. The number of ether oxygens (including phenoxy) is 2. The molecule has 2 aromatic carbocycles. The molecule has 0 saturated heterocycles. The van der Waals surface area contributed by atoms with Gasteiger partial charge in [0, 0.05) is 5.56 Å². The normalized spacial score (nSPS) is 13.1. The van der Waals surface area contributed by atoms with Crippen molar-refractivity contribution in [1.82, 2.24) is 0 Å². The number of amides is 1. The van der Waals surface area contributed by atoms with E-state index in [1.54, 1.807) is 12.1 Å². The maximum atomic E-state index is 11.2. The van der Waals surface area contributed by atoms with Crippen molar-refractivity contribution in [2.24, 2.45) is 5.73 Å². The first-order valence-electron chi connectivity index (χ1n) is 6.04. The standard InChI is InChI=1S/C15H13NO3/c16-15(17)12-3-1-2-10(8-12)11-4-5-13-14(9-11)19-7-6-18-13/h1-5,8-9H,6-7H2,(H2,16,17). The van der Waals surface area contributed by atoms with Crippen molar-refractivity contribution in [3.63, 3.8) is 0 Å². The summed E-state index contributed by atoms with van der Waals surface area (Å²) in [5, 5.41) is 0. The summed E-state index contributed by atoms with van der Waals surface area (Å²) in [4.78, 5) is 11.2. The van der Waals surface area contributed by atoms with E-state index in [-0.39, 0.29) is 0 Å². The molecule has 96 valence electrons. The van der Waals surface area contributed by atoms with E-state index in [0.29, 0.717) is 18.8 Å². The number of carbonyl (C=O) groups is 1. The van der Waals surface area contributed by atoms with Gasteiger partial charge in [0.25, 0.3) is 0 Å². The minimum Gasteiger partial charge on any atom is -0.486 e. The third-order valence-corrected chi connectivity index (χ3v) is 3.02. The summed E-state index contributed by atoms with van der Waals surface area (Å²) in [5.74, 6) is 1.05. The minimum atomic E-state index is -0.431. The zero-order chi connectivity index (χ0) is 13.2. The number of rotatable bonds is 2. The van der Waals surface area contributed by atoms with Gasteiger partial charge in [-0.25, -0.2) is 0 Å². The quantitative estimate of drug-likeness (QED) is 0.895. The van der Waals surface area contributed by atoms with Crippen LogP contribution in [-0.4, -0.2) is 19.1 Å². The van der Waals surface area contributed by atoms with Crippen LogP contribution in [0.3, 0.4) is 0 Å². The Morgan fingerprint density at radius 3 is 2.47 bits per heavy atom. The number of nitrogens with two attached hydrogens (primary N) is 1. The van der Waals surface area contributed by atoms with Crippen molar-refractivity contribution < 1.29 is 14.3 Å². The van der Waals surface area contributed by atoms with Gasteiger partial charge in [-0.2, -0.15) is 0 Å². The van der Waals surface area contributed by atoms with Crippen LogP contribution in [0, 0.1) is 0 Å². The van der Waals surface area contributed by atoms with Crippen molar-refractivity contribution in [3.05, 3.63) is 48.0 Å². The molecule has 3 rings (SSSR count). The van der Waals surface area contributed by atoms with E-state index in [1.807, 2.05) is 30.3 Å². The average molecular weight is 255 g/mol.